The first-order valence-electron chi connectivity index (χ1n) is 7.53. The number of methoxy groups -OCH3 is 1. The van der Waals surface area contributed by atoms with Crippen LogP contribution < -0.4 is 15.6 Å². The second-order valence-corrected chi connectivity index (χ2v) is 5.44. The second kappa shape index (κ2) is 6.60. The maximum absolute atomic E-state index is 12.8. The van der Waals surface area contributed by atoms with Crippen molar-refractivity contribution in [1.82, 2.24) is 19.3 Å². The topological polar surface area (TPSA) is 91.0 Å². The Bertz CT molecular complexity index is 973. The lowest BCUT2D eigenvalue weighted by Crippen LogP contribution is -2.29. The summed E-state index contributed by atoms with van der Waals surface area (Å²) in [5, 5.41) is 6.72. The molecule has 0 radical (unpaired) electrons. The van der Waals surface area contributed by atoms with Crippen LogP contribution in [0, 0.1) is 6.92 Å². The predicted octanol–water partition coefficient (Wildman–Crippen LogP) is 1.54. The minimum absolute atomic E-state index is 0.0592. The number of anilines is 1. The number of nitrogens with one attached hydrogen (secondary N) is 1. The van der Waals surface area contributed by atoms with Crippen LogP contribution in [0.2, 0.25) is 0 Å². The summed E-state index contributed by atoms with van der Waals surface area (Å²) < 4.78 is 7.95. The number of rotatable bonds is 4. The summed E-state index contributed by atoms with van der Waals surface area (Å²) in [4.78, 5) is 29.4. The average Bonchev–Trinajstić information content (AvgIpc) is 3.00. The highest BCUT2D eigenvalue weighted by molar-refractivity contribution is 6.04. The fourth-order valence-electron chi connectivity index (χ4n) is 2.40. The normalized spacial score (nSPS) is 10.5. The van der Waals surface area contributed by atoms with E-state index in [0.29, 0.717) is 22.9 Å². The van der Waals surface area contributed by atoms with Gasteiger partial charge in [-0.15, -0.1) is 0 Å². The number of carbonyl (C=O) groups excluding carboxylic acids is 1. The van der Waals surface area contributed by atoms with Gasteiger partial charge in [-0.05, 0) is 24.6 Å². The third kappa shape index (κ3) is 3.27. The third-order valence-corrected chi connectivity index (χ3v) is 3.69. The first-order chi connectivity index (χ1) is 12.0. The smallest absolute Gasteiger partial charge is 0.268 e. The quantitative estimate of drug-likeness (QED) is 0.778. The van der Waals surface area contributed by atoms with Crippen molar-refractivity contribution in [2.75, 3.05) is 12.4 Å². The number of hydrogen-bond acceptors (Lipinski definition) is 5. The van der Waals surface area contributed by atoms with Gasteiger partial charge in [-0.1, -0.05) is 0 Å². The van der Waals surface area contributed by atoms with E-state index in [1.54, 1.807) is 55.3 Å². The lowest BCUT2D eigenvalue weighted by atomic mass is 10.1. The molecular weight excluding hydrogens is 322 g/mol. The van der Waals surface area contributed by atoms with Crippen molar-refractivity contribution in [2.24, 2.45) is 7.05 Å². The molecule has 0 bridgehead atoms. The highest BCUT2D eigenvalue weighted by atomic mass is 16.5. The van der Waals surface area contributed by atoms with E-state index in [2.05, 4.69) is 15.4 Å². The summed E-state index contributed by atoms with van der Waals surface area (Å²) >= 11 is 0. The van der Waals surface area contributed by atoms with Crippen LogP contribution >= 0.6 is 0 Å². The van der Waals surface area contributed by atoms with Crippen LogP contribution in [-0.2, 0) is 7.05 Å². The molecule has 0 spiro atoms. The molecule has 128 valence electrons. The predicted molar refractivity (Wildman–Crippen MR) is 92.3 cm³/mol. The summed E-state index contributed by atoms with van der Waals surface area (Å²) in [6.45, 7) is 1.71. The molecule has 25 heavy (non-hydrogen) atoms. The second-order valence-electron chi connectivity index (χ2n) is 5.44. The molecule has 0 aliphatic heterocycles. The van der Waals surface area contributed by atoms with E-state index >= 15 is 0 Å². The van der Waals surface area contributed by atoms with Crippen molar-refractivity contribution in [3.05, 3.63) is 64.3 Å². The van der Waals surface area contributed by atoms with Gasteiger partial charge in [-0.2, -0.15) is 5.10 Å². The molecule has 0 saturated carbocycles. The molecule has 0 aliphatic rings. The Morgan fingerprint density at radius 2 is 2.00 bits per heavy atom. The Labute approximate surface area is 143 Å². The lowest BCUT2D eigenvalue weighted by molar-refractivity contribution is 0.102. The van der Waals surface area contributed by atoms with Crippen molar-refractivity contribution >= 4 is 11.7 Å². The SMILES string of the molecule is COc1ccc(-n2ccc(C)c(C(=O)Nc3ccn(C)n3)c2=O)cn1. The van der Waals surface area contributed by atoms with Crippen molar-refractivity contribution in [3.8, 4) is 11.6 Å². The summed E-state index contributed by atoms with van der Waals surface area (Å²) in [6, 6.07) is 6.71. The summed E-state index contributed by atoms with van der Waals surface area (Å²) in [5.74, 6) is 0.321. The molecule has 3 aromatic heterocycles. The molecule has 1 amide bonds. The number of hydrogen-bond donors (Lipinski definition) is 1. The largest absolute Gasteiger partial charge is 0.481 e. The number of aryl methyl sites for hydroxylation is 2. The average molecular weight is 339 g/mol. The van der Waals surface area contributed by atoms with E-state index in [-0.39, 0.29) is 5.56 Å². The van der Waals surface area contributed by atoms with Gasteiger partial charge in [0.1, 0.15) is 5.56 Å². The summed E-state index contributed by atoms with van der Waals surface area (Å²) in [7, 11) is 3.26. The third-order valence-electron chi connectivity index (χ3n) is 3.69. The Hall–Kier alpha value is -3.42. The highest BCUT2D eigenvalue weighted by Crippen LogP contribution is 2.12. The molecule has 0 fully saturated rings. The number of amides is 1. The van der Waals surface area contributed by atoms with Crippen LogP contribution in [-0.4, -0.2) is 32.3 Å². The lowest BCUT2D eigenvalue weighted by Gasteiger charge is -2.10. The van der Waals surface area contributed by atoms with Gasteiger partial charge in [0, 0.05) is 31.6 Å². The van der Waals surface area contributed by atoms with Crippen LogP contribution in [0.4, 0.5) is 5.82 Å². The molecule has 0 atom stereocenters. The van der Waals surface area contributed by atoms with E-state index in [0.717, 1.165) is 0 Å². The van der Waals surface area contributed by atoms with Crippen LogP contribution in [0.5, 0.6) is 5.88 Å². The monoisotopic (exact) mass is 339 g/mol. The number of aromatic nitrogens is 4. The number of carbonyl (C=O) groups is 1. The summed E-state index contributed by atoms with van der Waals surface area (Å²) in [6.07, 6.45) is 4.82. The van der Waals surface area contributed by atoms with Crippen molar-refractivity contribution in [1.29, 1.82) is 0 Å². The number of ether oxygens (including phenoxy) is 1. The molecule has 3 rings (SSSR count). The molecule has 0 aromatic carbocycles. The zero-order valence-electron chi connectivity index (χ0n) is 14.1. The molecule has 8 nitrogen and oxygen atoms in total. The minimum atomic E-state index is -0.503. The van der Waals surface area contributed by atoms with E-state index in [1.165, 1.54) is 17.9 Å². The highest BCUT2D eigenvalue weighted by Gasteiger charge is 2.17. The van der Waals surface area contributed by atoms with E-state index < -0.39 is 11.5 Å². The van der Waals surface area contributed by atoms with Crippen LogP contribution in [0.25, 0.3) is 5.69 Å². The van der Waals surface area contributed by atoms with Gasteiger partial charge in [-0.3, -0.25) is 18.8 Å². The van der Waals surface area contributed by atoms with Crippen LogP contribution in [0.1, 0.15) is 15.9 Å². The molecule has 0 saturated heterocycles. The van der Waals surface area contributed by atoms with Gasteiger partial charge in [0.25, 0.3) is 11.5 Å². The van der Waals surface area contributed by atoms with Gasteiger partial charge >= 0.3 is 0 Å². The maximum Gasteiger partial charge on any atom is 0.268 e. The Morgan fingerprint density at radius 3 is 2.60 bits per heavy atom. The molecule has 0 aliphatic carbocycles. The maximum atomic E-state index is 12.8. The number of nitrogens with zero attached hydrogens (tertiary/aromatic N) is 4. The summed E-state index contributed by atoms with van der Waals surface area (Å²) in [5.41, 5.74) is 0.748. The van der Waals surface area contributed by atoms with Gasteiger partial charge in [0.05, 0.1) is 19.0 Å². The van der Waals surface area contributed by atoms with Crippen molar-refractivity contribution < 1.29 is 9.53 Å². The minimum Gasteiger partial charge on any atom is -0.481 e. The zero-order chi connectivity index (χ0) is 18.0. The van der Waals surface area contributed by atoms with E-state index in [4.69, 9.17) is 4.74 Å². The fourth-order valence-corrected chi connectivity index (χ4v) is 2.40. The Morgan fingerprint density at radius 1 is 1.20 bits per heavy atom. The molecule has 8 heteroatoms. The molecule has 0 unspecified atom stereocenters. The van der Waals surface area contributed by atoms with Gasteiger partial charge in [0.15, 0.2) is 5.82 Å². The van der Waals surface area contributed by atoms with Crippen molar-refractivity contribution in [2.45, 2.75) is 6.92 Å². The van der Waals surface area contributed by atoms with E-state index in [1.807, 2.05) is 0 Å². The Kier molecular flexibility index (Phi) is 4.34. The fraction of sp³-hybridized carbons (Fsp3) is 0.176. The van der Waals surface area contributed by atoms with Gasteiger partial charge in [-0.25, -0.2) is 4.98 Å². The standard InChI is InChI=1S/C17H17N5O3/c1-11-6-9-22(12-4-5-14(25-3)18-10-12)17(24)15(11)16(23)19-13-7-8-21(2)20-13/h4-10H,1-3H3,(H,19,20,23). The molecule has 3 heterocycles. The van der Waals surface area contributed by atoms with Gasteiger partial charge < -0.3 is 10.1 Å². The van der Waals surface area contributed by atoms with Crippen LogP contribution in [0.3, 0.4) is 0 Å². The van der Waals surface area contributed by atoms with Crippen molar-refractivity contribution in [3.63, 3.8) is 0 Å². The van der Waals surface area contributed by atoms with Crippen LogP contribution in [0.15, 0.2) is 47.7 Å². The van der Waals surface area contributed by atoms with E-state index in [9.17, 15) is 9.59 Å². The first-order valence-corrected chi connectivity index (χ1v) is 7.53. The first kappa shape index (κ1) is 16.4. The molecular formula is C17H17N5O3. The molecule has 3 aromatic rings. The zero-order valence-corrected chi connectivity index (χ0v) is 14.1. The Balaban J connectivity index is 1.99. The van der Waals surface area contributed by atoms with Gasteiger partial charge in [0.2, 0.25) is 5.88 Å². The number of pyridine rings is 2. The molecule has 1 N–H and O–H groups in total.